The number of nitrogens with zero attached hydrogens (tertiary/aromatic N) is 2. The van der Waals surface area contributed by atoms with Gasteiger partial charge in [0, 0.05) is 18.6 Å². The molecule has 0 unspecified atom stereocenters. The van der Waals surface area contributed by atoms with Gasteiger partial charge in [0.1, 0.15) is 5.82 Å². The summed E-state index contributed by atoms with van der Waals surface area (Å²) in [5, 5.41) is 17.2. The molecule has 0 radical (unpaired) electrons. The van der Waals surface area contributed by atoms with Crippen LogP contribution in [-0.4, -0.2) is 48.1 Å². The Kier molecular flexibility index (Phi) is 5.34. The first-order valence-corrected chi connectivity index (χ1v) is 9.38. The number of pyridine rings is 1. The molecular formula is C15H24N4O4S. The van der Waals surface area contributed by atoms with Crippen LogP contribution in [0.2, 0.25) is 0 Å². The quantitative estimate of drug-likeness (QED) is 0.666. The summed E-state index contributed by atoms with van der Waals surface area (Å²) in [7, 11) is -3.81. The molecule has 1 fully saturated rings. The van der Waals surface area contributed by atoms with E-state index in [0.717, 1.165) is 19.3 Å². The molecule has 1 amide bonds. The van der Waals surface area contributed by atoms with Gasteiger partial charge < -0.3 is 15.3 Å². The van der Waals surface area contributed by atoms with Gasteiger partial charge in [-0.2, -0.15) is 0 Å². The summed E-state index contributed by atoms with van der Waals surface area (Å²) < 4.78 is 22.5. The Balaban J connectivity index is 1.81. The first-order valence-electron chi connectivity index (χ1n) is 7.84. The molecule has 4 N–H and O–H groups in total. The number of sulfonamides is 1. The van der Waals surface area contributed by atoms with Crippen molar-refractivity contribution in [3.63, 3.8) is 0 Å². The molecule has 0 bridgehead atoms. The lowest BCUT2D eigenvalue weighted by atomic mass is 9.93. The van der Waals surface area contributed by atoms with E-state index in [0.29, 0.717) is 24.8 Å². The number of nitrogens with one attached hydrogen (secondary N) is 1. The zero-order chi connectivity index (χ0) is 18.0. The molecule has 0 aromatic carbocycles. The van der Waals surface area contributed by atoms with Gasteiger partial charge in [0.05, 0.1) is 0 Å². The number of anilines is 1. The van der Waals surface area contributed by atoms with Crippen LogP contribution in [0, 0.1) is 5.92 Å². The maximum Gasteiger partial charge on any atom is 0.407 e. The molecule has 2 rings (SSSR count). The first-order chi connectivity index (χ1) is 11.1. The van der Waals surface area contributed by atoms with Gasteiger partial charge in [-0.1, -0.05) is 6.07 Å². The number of carboxylic acid groups (broad SMARTS) is 1. The molecule has 0 spiro atoms. The molecule has 0 saturated carbocycles. The summed E-state index contributed by atoms with van der Waals surface area (Å²) in [5.74, 6) is 0.794. The van der Waals surface area contributed by atoms with Gasteiger partial charge in [-0.15, -0.1) is 0 Å². The molecule has 1 saturated heterocycles. The zero-order valence-electron chi connectivity index (χ0n) is 13.9. The Morgan fingerprint density at radius 3 is 2.79 bits per heavy atom. The van der Waals surface area contributed by atoms with E-state index in [1.807, 2.05) is 13.8 Å². The number of hydrogen-bond donors (Lipinski definition) is 3. The minimum atomic E-state index is -3.81. The van der Waals surface area contributed by atoms with Gasteiger partial charge in [0.25, 0.3) is 10.0 Å². The molecule has 1 aliphatic heterocycles. The molecule has 9 heteroatoms. The van der Waals surface area contributed by atoms with Crippen LogP contribution in [0.4, 0.5) is 10.6 Å². The maximum atomic E-state index is 11.3. The van der Waals surface area contributed by atoms with Gasteiger partial charge in [0.15, 0.2) is 5.03 Å². The summed E-state index contributed by atoms with van der Waals surface area (Å²) in [6, 6.07) is 4.61. The minimum Gasteiger partial charge on any atom is -0.465 e. The van der Waals surface area contributed by atoms with Crippen LogP contribution in [0.25, 0.3) is 0 Å². The molecule has 1 aliphatic rings. The summed E-state index contributed by atoms with van der Waals surface area (Å²) in [6.07, 6.45) is 1.72. The van der Waals surface area contributed by atoms with Crippen LogP contribution in [-0.2, 0) is 10.0 Å². The van der Waals surface area contributed by atoms with Gasteiger partial charge in [-0.05, 0) is 51.2 Å². The zero-order valence-corrected chi connectivity index (χ0v) is 14.7. The third-order valence-electron chi connectivity index (χ3n) is 4.30. The number of carbonyl (C=O) groups is 1. The van der Waals surface area contributed by atoms with Crippen molar-refractivity contribution < 1.29 is 18.3 Å². The van der Waals surface area contributed by atoms with E-state index in [1.165, 1.54) is 11.0 Å². The van der Waals surface area contributed by atoms with E-state index in [9.17, 15) is 18.3 Å². The summed E-state index contributed by atoms with van der Waals surface area (Å²) >= 11 is 0. The van der Waals surface area contributed by atoms with Crippen LogP contribution < -0.4 is 10.5 Å². The topological polar surface area (TPSA) is 126 Å². The van der Waals surface area contributed by atoms with Crippen molar-refractivity contribution in [1.29, 1.82) is 0 Å². The second-order valence-corrected chi connectivity index (χ2v) is 8.26. The lowest BCUT2D eigenvalue weighted by Gasteiger charge is -2.28. The van der Waals surface area contributed by atoms with E-state index in [4.69, 9.17) is 5.14 Å². The fourth-order valence-corrected chi connectivity index (χ4v) is 3.69. The number of hydrogen-bond acceptors (Lipinski definition) is 5. The van der Waals surface area contributed by atoms with Crippen molar-refractivity contribution in [3.05, 3.63) is 18.2 Å². The van der Waals surface area contributed by atoms with Crippen LogP contribution in [0.5, 0.6) is 0 Å². The lowest BCUT2D eigenvalue weighted by molar-refractivity contribution is 0.117. The lowest BCUT2D eigenvalue weighted by Crippen LogP contribution is -2.41. The largest absolute Gasteiger partial charge is 0.465 e. The van der Waals surface area contributed by atoms with Crippen molar-refractivity contribution >= 4 is 21.9 Å². The monoisotopic (exact) mass is 356 g/mol. The number of rotatable bonds is 6. The molecular weight excluding hydrogens is 332 g/mol. The summed E-state index contributed by atoms with van der Waals surface area (Å²) in [5.41, 5.74) is -0.324. The average molecular weight is 356 g/mol. The second kappa shape index (κ2) is 6.94. The Bertz CT molecular complexity index is 705. The molecule has 1 aromatic heterocycles. The number of primary sulfonamides is 1. The third-order valence-corrected chi connectivity index (χ3v) is 5.11. The predicted molar refractivity (Wildman–Crippen MR) is 90.3 cm³/mol. The minimum absolute atomic E-state index is 0.165. The SMILES string of the molecule is CC1(C)C[C@H](CCCNc2cccc(S(N)(=O)=O)n2)CN1C(=O)O. The van der Waals surface area contributed by atoms with Gasteiger partial charge in [0.2, 0.25) is 0 Å². The average Bonchev–Trinajstić information content (AvgIpc) is 2.78. The van der Waals surface area contributed by atoms with Crippen molar-refractivity contribution in [2.75, 3.05) is 18.4 Å². The molecule has 134 valence electrons. The van der Waals surface area contributed by atoms with Gasteiger partial charge >= 0.3 is 6.09 Å². The third kappa shape index (κ3) is 4.57. The van der Waals surface area contributed by atoms with E-state index >= 15 is 0 Å². The van der Waals surface area contributed by atoms with Crippen molar-refractivity contribution in [3.8, 4) is 0 Å². The van der Waals surface area contributed by atoms with Crippen LogP contribution in [0.1, 0.15) is 33.1 Å². The molecule has 1 atom stereocenters. The number of likely N-dealkylation sites (tertiary alicyclic amines) is 1. The summed E-state index contributed by atoms with van der Waals surface area (Å²) in [4.78, 5) is 16.7. The normalized spacial score (nSPS) is 20.1. The molecule has 2 heterocycles. The first kappa shape index (κ1) is 18.5. The van der Waals surface area contributed by atoms with Crippen LogP contribution in [0.3, 0.4) is 0 Å². The molecule has 24 heavy (non-hydrogen) atoms. The Hall–Kier alpha value is -1.87. The highest BCUT2D eigenvalue weighted by Gasteiger charge is 2.40. The van der Waals surface area contributed by atoms with Crippen LogP contribution >= 0.6 is 0 Å². The smallest absolute Gasteiger partial charge is 0.407 e. The van der Waals surface area contributed by atoms with E-state index < -0.39 is 16.1 Å². The Labute approximate surface area is 142 Å². The van der Waals surface area contributed by atoms with Crippen molar-refractivity contribution in [1.82, 2.24) is 9.88 Å². The number of nitrogens with two attached hydrogens (primary N) is 1. The number of amides is 1. The fraction of sp³-hybridized carbons (Fsp3) is 0.600. The molecule has 0 aliphatic carbocycles. The Morgan fingerprint density at radius 2 is 2.21 bits per heavy atom. The number of aromatic nitrogens is 1. The van der Waals surface area contributed by atoms with E-state index in [-0.39, 0.29) is 10.6 Å². The second-order valence-electron chi connectivity index (χ2n) is 6.75. The highest BCUT2D eigenvalue weighted by atomic mass is 32.2. The van der Waals surface area contributed by atoms with Crippen molar-refractivity contribution in [2.45, 2.75) is 43.7 Å². The van der Waals surface area contributed by atoms with Crippen molar-refractivity contribution in [2.24, 2.45) is 11.1 Å². The summed E-state index contributed by atoms with van der Waals surface area (Å²) in [6.45, 7) is 5.08. The van der Waals surface area contributed by atoms with Crippen LogP contribution in [0.15, 0.2) is 23.2 Å². The predicted octanol–water partition coefficient (Wildman–Crippen LogP) is 1.70. The molecule has 1 aromatic rings. The van der Waals surface area contributed by atoms with E-state index in [2.05, 4.69) is 10.3 Å². The van der Waals surface area contributed by atoms with Gasteiger partial charge in [-0.25, -0.2) is 23.3 Å². The highest BCUT2D eigenvalue weighted by molar-refractivity contribution is 7.89. The Morgan fingerprint density at radius 1 is 1.50 bits per heavy atom. The maximum absolute atomic E-state index is 11.3. The van der Waals surface area contributed by atoms with Gasteiger partial charge in [-0.3, -0.25) is 0 Å². The van der Waals surface area contributed by atoms with E-state index in [1.54, 1.807) is 12.1 Å². The highest BCUT2D eigenvalue weighted by Crippen LogP contribution is 2.34. The fourth-order valence-electron chi connectivity index (χ4n) is 3.20. The standard InChI is InChI=1S/C15H24N4O4S/c1-15(2)9-11(10-19(15)14(20)21)5-4-8-17-12-6-3-7-13(18-12)24(16,22)23/h3,6-7,11H,4-5,8-10H2,1-2H3,(H,17,18)(H,20,21)(H2,16,22,23)/t11-/m0/s1. The molecule has 8 nitrogen and oxygen atoms in total.